The largest absolute Gasteiger partial charge is 0.422 e. The lowest BCUT2D eigenvalue weighted by Gasteiger charge is -2.15. The summed E-state index contributed by atoms with van der Waals surface area (Å²) in [4.78, 5) is 11.6. The first-order valence-corrected chi connectivity index (χ1v) is 10.7. The number of nitrogens with one attached hydrogen (secondary N) is 1. The smallest absolute Gasteiger partial charge is 0.328 e. The summed E-state index contributed by atoms with van der Waals surface area (Å²) in [6.07, 6.45) is 9.32. The van der Waals surface area contributed by atoms with Crippen LogP contribution in [0.5, 0.6) is 0 Å². The third-order valence-electron chi connectivity index (χ3n) is 4.03. The molecule has 6 heteroatoms. The molecule has 1 unspecified atom stereocenters. The van der Waals surface area contributed by atoms with Gasteiger partial charge in [0.15, 0.2) is 0 Å². The highest BCUT2D eigenvalue weighted by Crippen LogP contribution is 2.11. The van der Waals surface area contributed by atoms with E-state index in [1.165, 1.54) is 12.8 Å². The van der Waals surface area contributed by atoms with Crippen molar-refractivity contribution in [1.29, 1.82) is 0 Å². The molecule has 0 rings (SSSR count). The van der Waals surface area contributed by atoms with E-state index in [9.17, 15) is 13.2 Å². The molecule has 0 fully saturated rings. The predicted octanol–water partition coefficient (Wildman–Crippen LogP) is 4.62. The highest BCUT2D eigenvalue weighted by Gasteiger charge is 2.17. The molecule has 0 saturated carbocycles. The third kappa shape index (κ3) is 13.4. The molecule has 1 atom stereocenters. The van der Waals surface area contributed by atoms with Gasteiger partial charge in [-0.15, -0.1) is 0 Å². The van der Waals surface area contributed by atoms with Crippen molar-refractivity contribution < 1.29 is 17.4 Å². The van der Waals surface area contributed by atoms with Gasteiger partial charge >= 0.3 is 16.2 Å². The van der Waals surface area contributed by atoms with Crippen molar-refractivity contribution in [2.45, 2.75) is 85.0 Å². The first-order valence-electron chi connectivity index (χ1n) is 9.15. The van der Waals surface area contributed by atoms with Crippen LogP contribution in [0.15, 0.2) is 0 Å². The lowest BCUT2D eigenvalue weighted by molar-refractivity contribution is 0.199. The van der Waals surface area contributed by atoms with E-state index in [2.05, 4.69) is 30.3 Å². The molecule has 1 amide bonds. The van der Waals surface area contributed by atoms with Crippen LogP contribution in [0, 0.1) is 5.92 Å². The molecule has 0 aliphatic rings. The van der Waals surface area contributed by atoms with Gasteiger partial charge in [-0.05, 0) is 18.8 Å². The predicted molar refractivity (Wildman–Crippen MR) is 95.0 cm³/mol. The Balaban J connectivity index is 3.93. The van der Waals surface area contributed by atoms with Crippen molar-refractivity contribution in [3.63, 3.8) is 0 Å². The number of amides is 1. The lowest BCUT2D eigenvalue weighted by atomic mass is 10.00. The normalized spacial score (nSPS) is 12.8. The maximum Gasteiger partial charge on any atom is 0.422 e. The third-order valence-corrected chi connectivity index (χ3v) is 5.22. The quantitative estimate of drug-likeness (QED) is 0.367. The molecule has 0 aliphatic carbocycles. The van der Waals surface area contributed by atoms with Crippen molar-refractivity contribution in [2.75, 3.05) is 12.3 Å². The van der Waals surface area contributed by atoms with Gasteiger partial charge in [0, 0.05) is 6.54 Å². The van der Waals surface area contributed by atoms with Gasteiger partial charge in [0.2, 0.25) is 0 Å². The van der Waals surface area contributed by atoms with Crippen molar-refractivity contribution in [3.8, 4) is 0 Å². The van der Waals surface area contributed by atoms with Crippen LogP contribution >= 0.6 is 0 Å². The average Bonchev–Trinajstić information content (AvgIpc) is 2.50. The van der Waals surface area contributed by atoms with Crippen LogP contribution in [0.2, 0.25) is 0 Å². The summed E-state index contributed by atoms with van der Waals surface area (Å²) >= 11 is 0. The Morgan fingerprint density at radius 3 is 2.17 bits per heavy atom. The van der Waals surface area contributed by atoms with E-state index in [-0.39, 0.29) is 5.75 Å². The summed E-state index contributed by atoms with van der Waals surface area (Å²) < 4.78 is 28.1. The standard InChI is InChI=1S/C17H35NO4S/c1-4-7-9-10-11-12-14-23(20,21)22-17(19)18-15-16(6-3)13-8-5-2/h16H,4-15H2,1-3H3,(H,18,19). The molecule has 0 saturated heterocycles. The second-order valence-corrected chi connectivity index (χ2v) is 7.89. The number of hydrogen-bond donors (Lipinski definition) is 1. The van der Waals surface area contributed by atoms with Crippen molar-refractivity contribution >= 4 is 16.2 Å². The summed E-state index contributed by atoms with van der Waals surface area (Å²) in [7, 11) is -3.76. The fourth-order valence-corrected chi connectivity index (χ4v) is 3.35. The first kappa shape index (κ1) is 22.2. The van der Waals surface area contributed by atoms with Gasteiger partial charge in [-0.1, -0.05) is 72.1 Å². The second-order valence-electron chi connectivity index (χ2n) is 6.20. The highest BCUT2D eigenvalue weighted by molar-refractivity contribution is 7.87. The second kappa shape index (κ2) is 13.6. The van der Waals surface area contributed by atoms with E-state index >= 15 is 0 Å². The van der Waals surface area contributed by atoms with Crippen LogP contribution in [0.1, 0.15) is 85.0 Å². The maximum absolute atomic E-state index is 11.7. The zero-order chi connectivity index (χ0) is 17.6. The summed E-state index contributed by atoms with van der Waals surface area (Å²) in [5.74, 6) is 0.295. The van der Waals surface area contributed by atoms with E-state index < -0.39 is 16.2 Å². The lowest BCUT2D eigenvalue weighted by Crippen LogP contribution is -2.32. The monoisotopic (exact) mass is 349 g/mol. The van der Waals surface area contributed by atoms with E-state index in [4.69, 9.17) is 0 Å². The van der Waals surface area contributed by atoms with Crippen molar-refractivity contribution in [3.05, 3.63) is 0 Å². The number of rotatable bonds is 14. The summed E-state index contributed by atoms with van der Waals surface area (Å²) in [6.45, 7) is 6.82. The Morgan fingerprint density at radius 1 is 0.957 bits per heavy atom. The number of unbranched alkanes of at least 4 members (excludes halogenated alkanes) is 6. The summed E-state index contributed by atoms with van der Waals surface area (Å²) in [5, 5.41) is 2.58. The fourth-order valence-electron chi connectivity index (χ4n) is 2.42. The van der Waals surface area contributed by atoms with Crippen LogP contribution < -0.4 is 5.32 Å². The Labute approximate surface area is 142 Å². The summed E-state index contributed by atoms with van der Waals surface area (Å²) in [6, 6.07) is 0. The minimum Gasteiger partial charge on any atom is -0.328 e. The Hall–Kier alpha value is -0.780. The number of carbonyl (C=O) groups is 1. The Kier molecular flexibility index (Phi) is 13.2. The van der Waals surface area contributed by atoms with Gasteiger partial charge in [-0.25, -0.2) is 4.79 Å². The van der Waals surface area contributed by atoms with Gasteiger partial charge < -0.3 is 9.50 Å². The van der Waals surface area contributed by atoms with Gasteiger partial charge in [-0.3, -0.25) is 0 Å². The molecule has 1 N–H and O–H groups in total. The van der Waals surface area contributed by atoms with E-state index in [0.29, 0.717) is 18.9 Å². The van der Waals surface area contributed by atoms with Crippen LogP contribution in [-0.4, -0.2) is 26.8 Å². The van der Waals surface area contributed by atoms with Crippen LogP contribution in [-0.2, 0) is 14.3 Å². The van der Waals surface area contributed by atoms with Gasteiger partial charge in [-0.2, -0.15) is 8.42 Å². The molecule has 0 radical (unpaired) electrons. The first-order chi connectivity index (χ1) is 10.9. The van der Waals surface area contributed by atoms with Gasteiger partial charge in [0.25, 0.3) is 0 Å². The van der Waals surface area contributed by atoms with E-state index in [1.807, 2.05) is 0 Å². The molecule has 0 aromatic rings. The zero-order valence-electron chi connectivity index (χ0n) is 15.1. The van der Waals surface area contributed by atoms with Gasteiger partial charge in [0.05, 0.1) is 5.75 Å². The number of carbonyl (C=O) groups excluding carboxylic acids is 1. The van der Waals surface area contributed by atoms with Crippen LogP contribution in [0.4, 0.5) is 4.79 Å². The molecular formula is C17H35NO4S. The highest BCUT2D eigenvalue weighted by atomic mass is 32.2. The van der Waals surface area contributed by atoms with Crippen LogP contribution in [0.25, 0.3) is 0 Å². The van der Waals surface area contributed by atoms with Gasteiger partial charge in [0.1, 0.15) is 0 Å². The average molecular weight is 350 g/mol. The molecule has 0 aromatic carbocycles. The molecule has 138 valence electrons. The Bertz CT molecular complexity index is 395. The molecule has 0 bridgehead atoms. The molecule has 0 spiro atoms. The topological polar surface area (TPSA) is 72.5 Å². The molecular weight excluding hydrogens is 314 g/mol. The molecule has 23 heavy (non-hydrogen) atoms. The molecule has 0 aliphatic heterocycles. The summed E-state index contributed by atoms with van der Waals surface area (Å²) in [5.41, 5.74) is 0. The fraction of sp³-hybridized carbons (Fsp3) is 0.941. The van der Waals surface area contributed by atoms with Crippen molar-refractivity contribution in [1.82, 2.24) is 5.32 Å². The molecule has 5 nitrogen and oxygen atoms in total. The molecule has 0 aromatic heterocycles. The maximum atomic E-state index is 11.7. The van der Waals surface area contributed by atoms with Crippen molar-refractivity contribution in [2.24, 2.45) is 5.92 Å². The zero-order valence-corrected chi connectivity index (χ0v) is 15.9. The Morgan fingerprint density at radius 2 is 1.57 bits per heavy atom. The minimum absolute atomic E-state index is 0.0837. The van der Waals surface area contributed by atoms with E-state index in [0.717, 1.165) is 44.9 Å². The minimum atomic E-state index is -3.76. The molecule has 0 heterocycles. The SMILES string of the molecule is CCCCCCCCS(=O)(=O)OC(=O)NCC(CC)CCCC. The number of hydrogen-bond acceptors (Lipinski definition) is 4. The van der Waals surface area contributed by atoms with Crippen LogP contribution in [0.3, 0.4) is 0 Å². The van der Waals surface area contributed by atoms with E-state index in [1.54, 1.807) is 0 Å².